The summed E-state index contributed by atoms with van der Waals surface area (Å²) in [5.74, 6) is -1.66. The van der Waals surface area contributed by atoms with Gasteiger partial charge in [-0.2, -0.15) is 10.2 Å². The van der Waals surface area contributed by atoms with Gasteiger partial charge in [-0.3, -0.25) is 24.5 Å². The largest absolute Gasteiger partial charge is 0.504 e. The van der Waals surface area contributed by atoms with E-state index in [-0.39, 0.29) is 34.3 Å². The van der Waals surface area contributed by atoms with Crippen molar-refractivity contribution in [2.24, 2.45) is 5.73 Å². The second-order valence-corrected chi connectivity index (χ2v) is 7.81. The van der Waals surface area contributed by atoms with Crippen LogP contribution >= 0.6 is 0 Å². The minimum Gasteiger partial charge on any atom is -0.504 e. The average molecular weight is 461 g/mol. The molecule has 11 nitrogen and oxygen atoms in total. The fourth-order valence-corrected chi connectivity index (χ4v) is 3.89. The summed E-state index contributed by atoms with van der Waals surface area (Å²) in [5, 5.41) is 21.9. The molecule has 12 heteroatoms. The second-order valence-electron chi connectivity index (χ2n) is 7.81. The molecule has 172 valence electrons. The van der Waals surface area contributed by atoms with Crippen molar-refractivity contribution in [3.63, 3.8) is 0 Å². The van der Waals surface area contributed by atoms with E-state index in [9.17, 15) is 9.90 Å². The number of nitrogens with one attached hydrogen (secondary N) is 1. The lowest BCUT2D eigenvalue weighted by Gasteiger charge is -2.05. The van der Waals surface area contributed by atoms with Crippen molar-refractivity contribution in [1.82, 2.24) is 39.3 Å². The zero-order valence-corrected chi connectivity index (χ0v) is 18.3. The molecule has 0 aliphatic heterocycles. The van der Waals surface area contributed by atoms with Gasteiger partial charge in [0.05, 0.1) is 23.0 Å². The molecule has 5 heterocycles. The normalized spacial score (nSPS) is 11.4. The number of rotatable bonds is 6. The van der Waals surface area contributed by atoms with Gasteiger partial charge in [0.2, 0.25) is 5.82 Å². The summed E-state index contributed by atoms with van der Waals surface area (Å²) < 4.78 is 18.3. The highest BCUT2D eigenvalue weighted by atomic mass is 19.1. The number of halogens is 1. The molecule has 0 fully saturated rings. The summed E-state index contributed by atoms with van der Waals surface area (Å²) in [4.78, 5) is 24.7. The first kappa shape index (κ1) is 21.2. The van der Waals surface area contributed by atoms with E-state index in [1.165, 1.54) is 16.8 Å². The van der Waals surface area contributed by atoms with Crippen LogP contribution in [0.2, 0.25) is 0 Å². The first-order chi connectivity index (χ1) is 16.3. The number of H-pyrrole nitrogens is 1. The quantitative estimate of drug-likeness (QED) is 0.350. The summed E-state index contributed by atoms with van der Waals surface area (Å²) >= 11 is 0. The number of hydrogen-bond acceptors (Lipinski definition) is 7. The van der Waals surface area contributed by atoms with Crippen molar-refractivity contribution in [2.45, 2.75) is 26.8 Å². The van der Waals surface area contributed by atoms with Crippen molar-refractivity contribution < 1.29 is 14.3 Å². The lowest BCUT2D eigenvalue weighted by atomic mass is 10.2. The molecule has 5 aromatic rings. The van der Waals surface area contributed by atoms with Crippen LogP contribution in [0.3, 0.4) is 0 Å². The van der Waals surface area contributed by atoms with Gasteiger partial charge in [0, 0.05) is 25.1 Å². The Morgan fingerprint density at radius 2 is 2.12 bits per heavy atom. The van der Waals surface area contributed by atoms with E-state index in [0.717, 1.165) is 5.56 Å². The number of carbonyl (C=O) groups excluding carboxylic acids is 1. The highest BCUT2D eigenvalue weighted by molar-refractivity contribution is 5.97. The number of fused-ring (bicyclic) bond motifs is 1. The molecule has 0 saturated carbocycles. The fraction of sp³-hybridized carbons (Fsp3) is 0.182. The molecule has 0 saturated heterocycles. The van der Waals surface area contributed by atoms with Gasteiger partial charge in [-0.15, -0.1) is 0 Å². The molecule has 0 aliphatic rings. The van der Waals surface area contributed by atoms with E-state index in [4.69, 9.17) is 5.73 Å². The Bertz CT molecular complexity index is 1540. The van der Waals surface area contributed by atoms with E-state index in [0.29, 0.717) is 29.9 Å². The van der Waals surface area contributed by atoms with Crippen molar-refractivity contribution in [1.29, 1.82) is 0 Å². The molecule has 0 aliphatic carbocycles. The van der Waals surface area contributed by atoms with Gasteiger partial charge in [0.25, 0.3) is 5.91 Å². The van der Waals surface area contributed by atoms with Crippen molar-refractivity contribution in [3.8, 4) is 28.7 Å². The number of aromatic hydroxyl groups is 1. The van der Waals surface area contributed by atoms with Gasteiger partial charge in [-0.1, -0.05) is 6.07 Å². The Kier molecular flexibility index (Phi) is 5.04. The highest BCUT2D eigenvalue weighted by Gasteiger charge is 2.27. The van der Waals surface area contributed by atoms with Gasteiger partial charge in [0.15, 0.2) is 17.4 Å². The Balaban J connectivity index is 1.58. The predicted molar refractivity (Wildman–Crippen MR) is 119 cm³/mol. The lowest BCUT2D eigenvalue weighted by Crippen LogP contribution is -2.15. The van der Waals surface area contributed by atoms with E-state index in [2.05, 4.69) is 30.2 Å². The zero-order chi connectivity index (χ0) is 24.0. The first-order valence-electron chi connectivity index (χ1n) is 10.4. The molecule has 0 spiro atoms. The third-order valence-electron chi connectivity index (χ3n) is 5.49. The van der Waals surface area contributed by atoms with Crippen LogP contribution < -0.4 is 5.73 Å². The number of aromatic amines is 1. The maximum atomic E-state index is 15.3. The molecule has 5 rings (SSSR count). The molecule has 0 aromatic carbocycles. The zero-order valence-electron chi connectivity index (χ0n) is 18.3. The molecule has 1 amide bonds. The number of carbonyl (C=O) groups is 1. The molecule has 0 unspecified atom stereocenters. The van der Waals surface area contributed by atoms with Crippen LogP contribution in [-0.4, -0.2) is 50.3 Å². The Hall–Kier alpha value is -4.61. The van der Waals surface area contributed by atoms with Crippen molar-refractivity contribution in [3.05, 3.63) is 65.4 Å². The van der Waals surface area contributed by atoms with Gasteiger partial charge in [-0.05, 0) is 31.9 Å². The van der Waals surface area contributed by atoms with Crippen LogP contribution in [0.15, 0.2) is 36.9 Å². The molecule has 4 N–H and O–H groups in total. The highest BCUT2D eigenvalue weighted by Crippen LogP contribution is 2.34. The summed E-state index contributed by atoms with van der Waals surface area (Å²) in [7, 11) is 0. The summed E-state index contributed by atoms with van der Waals surface area (Å²) in [5.41, 5.74) is 7.68. The third kappa shape index (κ3) is 3.45. The first-order valence-corrected chi connectivity index (χ1v) is 10.4. The van der Waals surface area contributed by atoms with E-state index in [1.807, 2.05) is 12.1 Å². The number of aryl methyl sites for hydroxylation is 4. The number of aromatic nitrogens is 8. The molecule has 0 atom stereocenters. The van der Waals surface area contributed by atoms with Crippen LogP contribution in [0.4, 0.5) is 4.39 Å². The number of amides is 1. The monoisotopic (exact) mass is 461 g/mol. The number of pyridine rings is 1. The molecule has 34 heavy (non-hydrogen) atoms. The smallest absolute Gasteiger partial charge is 0.268 e. The number of primary amides is 1. The number of nitrogens with zero attached hydrogens (tertiary/aromatic N) is 7. The fourth-order valence-electron chi connectivity index (χ4n) is 3.89. The van der Waals surface area contributed by atoms with Gasteiger partial charge in [-0.25, -0.2) is 9.37 Å². The number of nitrogens with two attached hydrogens (primary N) is 1. The van der Waals surface area contributed by atoms with Crippen LogP contribution in [0.1, 0.15) is 27.4 Å². The SMILES string of the molecule is Cc1cn2c(C(N)=O)c(F)c(-c3nc(-c4c(O)c(C)nn4CCc4cccnc4)n[nH]3)c2cn1. The van der Waals surface area contributed by atoms with Crippen LogP contribution in [-0.2, 0) is 13.0 Å². The predicted octanol–water partition coefficient (Wildman–Crippen LogP) is 2.18. The minimum atomic E-state index is -0.925. The topological polar surface area (TPSA) is 153 Å². The molecule has 0 radical (unpaired) electrons. The van der Waals surface area contributed by atoms with Gasteiger partial charge < -0.3 is 15.2 Å². The molecule has 0 bridgehead atoms. The van der Waals surface area contributed by atoms with E-state index in [1.54, 1.807) is 30.9 Å². The van der Waals surface area contributed by atoms with Crippen molar-refractivity contribution in [2.75, 3.05) is 0 Å². The third-order valence-corrected chi connectivity index (χ3v) is 5.49. The molecular weight excluding hydrogens is 441 g/mol. The van der Waals surface area contributed by atoms with Gasteiger partial charge in [0.1, 0.15) is 17.1 Å². The molecule has 5 aromatic heterocycles. The maximum Gasteiger partial charge on any atom is 0.268 e. The molecular formula is C22H20FN9O2. The Morgan fingerprint density at radius 1 is 1.29 bits per heavy atom. The number of hydrogen-bond donors (Lipinski definition) is 3. The Labute approximate surface area is 192 Å². The van der Waals surface area contributed by atoms with Crippen molar-refractivity contribution >= 4 is 11.4 Å². The Morgan fingerprint density at radius 3 is 2.85 bits per heavy atom. The summed E-state index contributed by atoms with van der Waals surface area (Å²) in [6, 6.07) is 3.79. The standard InChI is InChI=1S/C22H20FN9O2/c1-11-10-31-14(9-26-11)15(16(23)17(31)20(24)34)21-27-22(29-28-21)18-19(33)12(2)30-32(18)7-5-13-4-3-6-25-8-13/h3-4,6,8-10,33H,5,7H2,1-2H3,(H2,24,34)(H,27,28,29). The second kappa shape index (κ2) is 8.06. The van der Waals surface area contributed by atoms with Crippen LogP contribution in [0.5, 0.6) is 5.75 Å². The van der Waals surface area contributed by atoms with E-state index >= 15 is 4.39 Å². The maximum absolute atomic E-state index is 15.3. The van der Waals surface area contributed by atoms with E-state index < -0.39 is 11.7 Å². The summed E-state index contributed by atoms with van der Waals surface area (Å²) in [6.45, 7) is 3.82. The lowest BCUT2D eigenvalue weighted by molar-refractivity contribution is 0.0991. The minimum absolute atomic E-state index is 0.00214. The average Bonchev–Trinajstić information content (AvgIpc) is 3.46. The van der Waals surface area contributed by atoms with Gasteiger partial charge >= 0.3 is 0 Å². The van der Waals surface area contributed by atoms with Crippen LogP contribution in [0, 0.1) is 19.7 Å². The summed E-state index contributed by atoms with van der Waals surface area (Å²) in [6.07, 6.45) is 7.02. The van der Waals surface area contributed by atoms with Crippen LogP contribution in [0.25, 0.3) is 28.4 Å².